The van der Waals surface area contributed by atoms with Gasteiger partial charge in [0.25, 0.3) is 5.91 Å². The van der Waals surface area contributed by atoms with E-state index in [-0.39, 0.29) is 37.2 Å². The fourth-order valence-corrected chi connectivity index (χ4v) is 4.56. The second-order valence-electron chi connectivity index (χ2n) is 8.93. The quantitative estimate of drug-likeness (QED) is 0.578. The zero-order valence-electron chi connectivity index (χ0n) is 19.2. The van der Waals surface area contributed by atoms with Gasteiger partial charge in [-0.1, -0.05) is 24.3 Å². The highest BCUT2D eigenvalue weighted by Gasteiger charge is 2.44. The second-order valence-corrected chi connectivity index (χ2v) is 8.93. The van der Waals surface area contributed by atoms with E-state index in [1.807, 2.05) is 0 Å². The van der Waals surface area contributed by atoms with Crippen LogP contribution in [0.15, 0.2) is 60.8 Å². The van der Waals surface area contributed by atoms with E-state index in [2.05, 4.69) is 4.98 Å². The van der Waals surface area contributed by atoms with Crippen molar-refractivity contribution in [1.29, 1.82) is 0 Å². The minimum absolute atomic E-state index is 0.0272. The molecule has 2 amide bonds. The first-order valence-electron chi connectivity index (χ1n) is 11.2. The van der Waals surface area contributed by atoms with E-state index in [0.717, 1.165) is 0 Å². The van der Waals surface area contributed by atoms with Crippen LogP contribution < -0.4 is 9.64 Å². The molecule has 3 aromatic rings. The summed E-state index contributed by atoms with van der Waals surface area (Å²) in [4.78, 5) is 32.1. The van der Waals surface area contributed by atoms with E-state index in [0.29, 0.717) is 33.6 Å². The minimum Gasteiger partial charge on any atom is -0.483 e. The minimum atomic E-state index is -4.49. The van der Waals surface area contributed by atoms with E-state index in [4.69, 9.17) is 4.74 Å². The number of anilines is 1. The number of aromatic nitrogens is 1. The van der Waals surface area contributed by atoms with Gasteiger partial charge in [0.1, 0.15) is 11.4 Å². The number of amides is 2. The van der Waals surface area contributed by atoms with Gasteiger partial charge in [0, 0.05) is 35.5 Å². The fraction of sp³-hybridized carbons (Fsp3) is 0.269. The Kier molecular flexibility index (Phi) is 5.71. The summed E-state index contributed by atoms with van der Waals surface area (Å²) in [7, 11) is 0. The average molecular weight is 497 g/mol. The number of hydrogen-bond donors (Lipinski definition) is 1. The third kappa shape index (κ3) is 4.28. The van der Waals surface area contributed by atoms with E-state index in [1.54, 1.807) is 58.3 Å². The van der Waals surface area contributed by atoms with Crippen molar-refractivity contribution in [3.63, 3.8) is 0 Å². The van der Waals surface area contributed by atoms with Crippen LogP contribution in [0.2, 0.25) is 0 Å². The van der Waals surface area contributed by atoms with Gasteiger partial charge in [0.2, 0.25) is 5.91 Å². The Morgan fingerprint density at radius 1 is 1.08 bits per heavy atom. The van der Waals surface area contributed by atoms with Crippen LogP contribution >= 0.6 is 0 Å². The molecule has 10 heteroatoms. The van der Waals surface area contributed by atoms with E-state index >= 15 is 0 Å². The summed E-state index contributed by atoms with van der Waals surface area (Å²) >= 11 is 0. The maximum absolute atomic E-state index is 13.2. The van der Waals surface area contributed by atoms with Gasteiger partial charge in [-0.05, 0) is 35.9 Å². The maximum Gasteiger partial charge on any atom is 0.422 e. The van der Waals surface area contributed by atoms with Crippen LogP contribution in [0.5, 0.6) is 5.75 Å². The Balaban J connectivity index is 1.40. The van der Waals surface area contributed by atoms with Crippen molar-refractivity contribution in [2.75, 3.05) is 24.6 Å². The van der Waals surface area contributed by atoms with Crippen LogP contribution in [0.1, 0.15) is 28.4 Å². The van der Waals surface area contributed by atoms with Gasteiger partial charge in [-0.3, -0.25) is 14.6 Å². The van der Waals surface area contributed by atoms with Crippen LogP contribution in [0.4, 0.5) is 18.9 Å². The van der Waals surface area contributed by atoms with Gasteiger partial charge in [-0.15, -0.1) is 0 Å². The number of carbonyl (C=O) groups excluding carboxylic acids is 2. The molecule has 0 atom stereocenters. The standard InChI is InChI=1S/C26H22F3N3O4/c1-16(33)31-13-25(35,14-31)17-6-8-18(9-7-17)32-12-21-19(24(32)34)10-11-30-23(21)20-4-2-3-5-22(20)36-15-26(27,28)29/h2-11,35H,12-15H2,1H3. The SMILES string of the molecule is CC(=O)N1CC(O)(c2ccc(N3Cc4c(ccnc4-c4ccccc4OCC(F)(F)F)C3=O)cc2)C1. The van der Waals surface area contributed by atoms with E-state index in [9.17, 15) is 27.9 Å². The molecule has 1 aromatic heterocycles. The molecule has 0 saturated carbocycles. The van der Waals surface area contributed by atoms with Crippen molar-refractivity contribution in [1.82, 2.24) is 9.88 Å². The number of aliphatic hydroxyl groups is 1. The molecule has 1 saturated heterocycles. The van der Waals surface area contributed by atoms with Crippen LogP contribution in [-0.2, 0) is 16.9 Å². The Morgan fingerprint density at radius 2 is 1.78 bits per heavy atom. The number of halogens is 3. The molecule has 1 fully saturated rings. The molecule has 2 aromatic carbocycles. The number of rotatable bonds is 5. The highest BCUT2D eigenvalue weighted by Crippen LogP contribution is 2.39. The van der Waals surface area contributed by atoms with Crippen LogP contribution in [0.3, 0.4) is 0 Å². The highest BCUT2D eigenvalue weighted by atomic mass is 19.4. The largest absolute Gasteiger partial charge is 0.483 e. The molecule has 5 rings (SSSR count). The summed E-state index contributed by atoms with van der Waals surface area (Å²) < 4.78 is 43.3. The molecule has 0 radical (unpaired) electrons. The van der Waals surface area contributed by atoms with Gasteiger partial charge in [-0.2, -0.15) is 13.2 Å². The van der Waals surface area contributed by atoms with Gasteiger partial charge in [0.05, 0.1) is 25.3 Å². The smallest absolute Gasteiger partial charge is 0.422 e. The molecule has 3 heterocycles. The first-order valence-corrected chi connectivity index (χ1v) is 11.2. The first-order chi connectivity index (χ1) is 17.1. The Bertz CT molecular complexity index is 1340. The van der Waals surface area contributed by atoms with Crippen molar-refractivity contribution < 1.29 is 32.6 Å². The average Bonchev–Trinajstić information content (AvgIpc) is 3.17. The molecule has 0 bridgehead atoms. The topological polar surface area (TPSA) is 83.0 Å². The lowest BCUT2D eigenvalue weighted by Gasteiger charge is -2.46. The molecule has 1 N–H and O–H groups in total. The third-order valence-corrected chi connectivity index (χ3v) is 6.45. The molecular formula is C26H22F3N3O4. The van der Waals surface area contributed by atoms with Gasteiger partial charge < -0.3 is 19.6 Å². The molecule has 36 heavy (non-hydrogen) atoms. The van der Waals surface area contributed by atoms with Gasteiger partial charge in [0.15, 0.2) is 6.61 Å². The Labute approximate surface area is 204 Å². The van der Waals surface area contributed by atoms with Gasteiger partial charge in [-0.25, -0.2) is 0 Å². The number of likely N-dealkylation sites (tertiary alicyclic amines) is 1. The number of ether oxygens (including phenoxy) is 1. The molecule has 2 aliphatic rings. The van der Waals surface area contributed by atoms with Crippen molar-refractivity contribution in [3.8, 4) is 17.0 Å². The first kappa shape index (κ1) is 23.8. The van der Waals surface area contributed by atoms with Crippen molar-refractivity contribution >= 4 is 17.5 Å². The summed E-state index contributed by atoms with van der Waals surface area (Å²) in [6, 6.07) is 14.8. The van der Waals surface area contributed by atoms with Crippen LogP contribution in [-0.4, -0.2) is 52.7 Å². The molecule has 2 aliphatic heterocycles. The normalized spacial score (nSPS) is 16.5. The lowest BCUT2D eigenvalue weighted by Crippen LogP contribution is -2.60. The number of nitrogens with zero attached hydrogens (tertiary/aromatic N) is 3. The third-order valence-electron chi connectivity index (χ3n) is 6.45. The van der Waals surface area contributed by atoms with Crippen LogP contribution in [0, 0.1) is 0 Å². The highest BCUT2D eigenvalue weighted by molar-refractivity contribution is 6.11. The van der Waals surface area contributed by atoms with Crippen molar-refractivity contribution in [2.24, 2.45) is 0 Å². The number of hydrogen-bond acceptors (Lipinski definition) is 5. The van der Waals surface area contributed by atoms with Crippen molar-refractivity contribution in [3.05, 3.63) is 77.5 Å². The number of alkyl halides is 3. The lowest BCUT2D eigenvalue weighted by atomic mass is 9.86. The molecule has 0 aliphatic carbocycles. The number of fused-ring (bicyclic) bond motifs is 1. The summed E-state index contributed by atoms with van der Waals surface area (Å²) in [5.74, 6) is -0.342. The van der Waals surface area contributed by atoms with Gasteiger partial charge >= 0.3 is 6.18 Å². The maximum atomic E-state index is 13.2. The monoisotopic (exact) mass is 497 g/mol. The number of pyridine rings is 1. The second kappa shape index (κ2) is 8.63. The summed E-state index contributed by atoms with van der Waals surface area (Å²) in [6.07, 6.45) is -3.04. The zero-order valence-corrected chi connectivity index (χ0v) is 19.2. The fourth-order valence-electron chi connectivity index (χ4n) is 4.56. The predicted octanol–water partition coefficient (Wildman–Crippen LogP) is 3.90. The van der Waals surface area contributed by atoms with Crippen LogP contribution in [0.25, 0.3) is 11.3 Å². The summed E-state index contributed by atoms with van der Waals surface area (Å²) in [5.41, 5.74) is 1.86. The number of para-hydroxylation sites is 1. The summed E-state index contributed by atoms with van der Waals surface area (Å²) in [5, 5.41) is 10.8. The predicted molar refractivity (Wildman–Crippen MR) is 124 cm³/mol. The molecule has 0 spiro atoms. The Hall–Kier alpha value is -3.92. The van der Waals surface area contributed by atoms with E-state index < -0.39 is 18.4 Å². The molecular weight excluding hydrogens is 475 g/mol. The number of β-amino-alcohol motifs (C(OH)–C–C–N with tert-alkyl or cyclic N) is 1. The molecule has 7 nitrogen and oxygen atoms in total. The number of carbonyl (C=O) groups is 2. The van der Waals surface area contributed by atoms with E-state index in [1.165, 1.54) is 19.2 Å². The lowest BCUT2D eigenvalue weighted by molar-refractivity contribution is -0.155. The zero-order chi connectivity index (χ0) is 25.7. The summed E-state index contributed by atoms with van der Waals surface area (Å²) in [6.45, 7) is 0.601. The number of benzene rings is 2. The molecule has 0 unspecified atom stereocenters. The van der Waals surface area contributed by atoms with Crippen molar-refractivity contribution in [2.45, 2.75) is 25.2 Å². The Morgan fingerprint density at radius 3 is 2.44 bits per heavy atom. The molecule has 186 valence electrons.